The van der Waals surface area contributed by atoms with Gasteiger partial charge in [-0.3, -0.25) is 0 Å². The molecule has 1 aliphatic heterocycles. The molecule has 28 heavy (non-hydrogen) atoms. The third-order valence-electron chi connectivity index (χ3n) is 4.28. The van der Waals surface area contributed by atoms with Gasteiger partial charge in [-0.25, -0.2) is 4.79 Å². The van der Waals surface area contributed by atoms with E-state index in [0.717, 1.165) is 6.42 Å². The van der Waals surface area contributed by atoms with E-state index in [1.54, 1.807) is 19.1 Å². The van der Waals surface area contributed by atoms with Gasteiger partial charge in [0.05, 0.1) is 36.8 Å². The van der Waals surface area contributed by atoms with Crippen molar-refractivity contribution in [3.8, 4) is 17.6 Å². The number of nitriles is 1. The quantitative estimate of drug-likeness (QED) is 0.628. The molecule has 0 aromatic heterocycles. The Morgan fingerprint density at radius 3 is 2.50 bits per heavy atom. The highest BCUT2D eigenvalue weighted by atomic mass is 79.9. The predicted octanol–water partition coefficient (Wildman–Crippen LogP) is 3.89. The molecule has 150 valence electrons. The van der Waals surface area contributed by atoms with Crippen molar-refractivity contribution in [2.45, 2.75) is 32.6 Å². The molecule has 1 atom stereocenters. The second-order valence-corrected chi connectivity index (χ2v) is 6.82. The molecule has 0 saturated carbocycles. The first-order valence-corrected chi connectivity index (χ1v) is 9.61. The van der Waals surface area contributed by atoms with E-state index in [1.807, 2.05) is 6.92 Å². The van der Waals surface area contributed by atoms with Crippen molar-refractivity contribution >= 4 is 21.9 Å². The number of nitrogens with zero attached hydrogens (tertiary/aromatic N) is 1. The number of hydrogen-bond donors (Lipinski definition) is 1. The molecule has 1 aliphatic rings. The van der Waals surface area contributed by atoms with Crippen LogP contribution in [0.15, 0.2) is 39.4 Å². The van der Waals surface area contributed by atoms with Crippen LogP contribution in [0.4, 0.5) is 0 Å². The lowest BCUT2D eigenvalue weighted by atomic mass is 9.82. The Morgan fingerprint density at radius 1 is 1.29 bits per heavy atom. The number of esters is 1. The van der Waals surface area contributed by atoms with Crippen LogP contribution in [-0.4, -0.2) is 26.8 Å². The van der Waals surface area contributed by atoms with Crippen molar-refractivity contribution < 1.29 is 23.7 Å². The first-order valence-electron chi connectivity index (χ1n) is 8.82. The van der Waals surface area contributed by atoms with Crippen molar-refractivity contribution in [3.05, 3.63) is 45.0 Å². The van der Waals surface area contributed by atoms with E-state index in [-0.39, 0.29) is 23.6 Å². The van der Waals surface area contributed by atoms with Crippen LogP contribution in [-0.2, 0) is 14.3 Å². The Hall–Kier alpha value is -2.66. The van der Waals surface area contributed by atoms with Gasteiger partial charge in [0.1, 0.15) is 28.9 Å². The van der Waals surface area contributed by atoms with Crippen LogP contribution >= 0.6 is 15.9 Å². The molecule has 0 bridgehead atoms. The number of carbonyl (C=O) groups excluding carboxylic acids is 1. The fourth-order valence-electron chi connectivity index (χ4n) is 3.08. The van der Waals surface area contributed by atoms with Gasteiger partial charge in [0.25, 0.3) is 0 Å². The van der Waals surface area contributed by atoms with Crippen molar-refractivity contribution in [2.75, 3.05) is 20.8 Å². The number of methoxy groups -OCH3 is 2. The normalized spacial score (nSPS) is 16.4. The van der Waals surface area contributed by atoms with E-state index < -0.39 is 11.9 Å². The molecule has 8 heteroatoms. The third-order valence-corrected chi connectivity index (χ3v) is 4.90. The smallest absolute Gasteiger partial charge is 0.338 e. The lowest BCUT2D eigenvalue weighted by Crippen LogP contribution is -2.26. The molecule has 0 radical (unpaired) electrons. The zero-order chi connectivity index (χ0) is 20.8. The van der Waals surface area contributed by atoms with Gasteiger partial charge < -0.3 is 24.7 Å². The fourth-order valence-corrected chi connectivity index (χ4v) is 3.61. The fraction of sp³-hybridized carbons (Fsp3) is 0.400. The van der Waals surface area contributed by atoms with E-state index in [0.29, 0.717) is 33.7 Å². The van der Waals surface area contributed by atoms with Crippen LogP contribution < -0.4 is 15.2 Å². The minimum absolute atomic E-state index is 0.0296. The molecule has 1 aromatic carbocycles. The molecule has 0 fully saturated rings. The Morgan fingerprint density at radius 2 is 1.96 bits per heavy atom. The number of hydrogen-bond acceptors (Lipinski definition) is 7. The maximum Gasteiger partial charge on any atom is 0.338 e. The SMILES string of the molecule is CCCC1=C(C(=O)OCC)[C@H](c2cc(Br)c(OC)cc2OC)C(C#N)=C(N)O1. The maximum absolute atomic E-state index is 12.8. The second-order valence-electron chi connectivity index (χ2n) is 5.96. The Labute approximate surface area is 172 Å². The topological polar surface area (TPSA) is 104 Å². The summed E-state index contributed by atoms with van der Waals surface area (Å²) in [5.74, 6) is 0.0415. The Balaban J connectivity index is 2.80. The summed E-state index contributed by atoms with van der Waals surface area (Å²) in [6.07, 6.45) is 1.20. The first kappa shape index (κ1) is 21.6. The highest BCUT2D eigenvalue weighted by Gasteiger charge is 2.39. The number of rotatable bonds is 7. The maximum atomic E-state index is 12.8. The summed E-state index contributed by atoms with van der Waals surface area (Å²) in [5.41, 5.74) is 6.99. The molecule has 0 unspecified atom stereocenters. The highest BCUT2D eigenvalue weighted by molar-refractivity contribution is 9.10. The minimum Gasteiger partial charge on any atom is -0.496 e. The zero-order valence-corrected chi connectivity index (χ0v) is 17.9. The average molecular weight is 451 g/mol. The summed E-state index contributed by atoms with van der Waals surface area (Å²) in [5, 5.41) is 9.75. The largest absolute Gasteiger partial charge is 0.496 e. The van der Waals surface area contributed by atoms with E-state index in [1.165, 1.54) is 14.2 Å². The number of carbonyl (C=O) groups is 1. The monoisotopic (exact) mass is 450 g/mol. The first-order chi connectivity index (χ1) is 13.4. The molecule has 2 rings (SSSR count). The van der Waals surface area contributed by atoms with Gasteiger partial charge in [-0.05, 0) is 35.3 Å². The number of nitrogens with two attached hydrogens (primary N) is 1. The van der Waals surface area contributed by atoms with E-state index in [9.17, 15) is 10.1 Å². The molecular weight excluding hydrogens is 428 g/mol. The number of benzene rings is 1. The summed E-state index contributed by atoms with van der Waals surface area (Å²) in [4.78, 5) is 12.8. The zero-order valence-electron chi connectivity index (χ0n) is 16.3. The molecule has 0 saturated heterocycles. The van der Waals surface area contributed by atoms with Gasteiger partial charge in [-0.15, -0.1) is 0 Å². The van der Waals surface area contributed by atoms with Crippen molar-refractivity contribution in [3.63, 3.8) is 0 Å². The standard InChI is InChI=1S/C20H23BrN2O5/c1-5-7-14-18(20(24)27-6-2)17(12(10-22)19(23)28-14)11-8-13(21)16(26-4)9-15(11)25-3/h8-9,17H,5-7,23H2,1-4H3/t17-/m1/s1. The predicted molar refractivity (Wildman–Crippen MR) is 106 cm³/mol. The Kier molecular flexibility index (Phi) is 7.35. The third kappa shape index (κ3) is 4.09. The molecule has 0 spiro atoms. The summed E-state index contributed by atoms with van der Waals surface area (Å²) >= 11 is 3.45. The Bertz CT molecular complexity index is 870. The van der Waals surface area contributed by atoms with Gasteiger partial charge in [0.15, 0.2) is 0 Å². The van der Waals surface area contributed by atoms with Crippen LogP contribution in [0.3, 0.4) is 0 Å². The van der Waals surface area contributed by atoms with Gasteiger partial charge in [-0.1, -0.05) is 6.92 Å². The molecule has 0 aliphatic carbocycles. The lowest BCUT2D eigenvalue weighted by molar-refractivity contribution is -0.139. The molecule has 1 aromatic rings. The molecule has 2 N–H and O–H groups in total. The highest BCUT2D eigenvalue weighted by Crippen LogP contribution is 2.46. The molecule has 7 nitrogen and oxygen atoms in total. The van der Waals surface area contributed by atoms with Crippen LogP contribution in [0.5, 0.6) is 11.5 Å². The van der Waals surface area contributed by atoms with Crippen LogP contribution in [0.2, 0.25) is 0 Å². The van der Waals surface area contributed by atoms with Gasteiger partial charge in [0.2, 0.25) is 5.88 Å². The van der Waals surface area contributed by atoms with Crippen LogP contribution in [0, 0.1) is 11.3 Å². The number of ether oxygens (including phenoxy) is 4. The molecule has 0 amide bonds. The van der Waals surface area contributed by atoms with E-state index >= 15 is 0 Å². The van der Waals surface area contributed by atoms with Gasteiger partial charge in [0, 0.05) is 18.1 Å². The second kappa shape index (κ2) is 9.51. The summed E-state index contributed by atoms with van der Waals surface area (Å²) in [6.45, 7) is 3.87. The summed E-state index contributed by atoms with van der Waals surface area (Å²) in [7, 11) is 3.04. The number of allylic oxidation sites excluding steroid dienone is 2. The van der Waals surface area contributed by atoms with Gasteiger partial charge >= 0.3 is 5.97 Å². The van der Waals surface area contributed by atoms with Crippen LogP contribution in [0.1, 0.15) is 38.2 Å². The van der Waals surface area contributed by atoms with Crippen molar-refractivity contribution in [1.82, 2.24) is 0 Å². The average Bonchev–Trinajstić information content (AvgIpc) is 2.67. The van der Waals surface area contributed by atoms with Crippen molar-refractivity contribution in [1.29, 1.82) is 5.26 Å². The van der Waals surface area contributed by atoms with Crippen LogP contribution in [0.25, 0.3) is 0 Å². The summed E-state index contributed by atoms with van der Waals surface area (Å²) < 4.78 is 22.4. The molecule has 1 heterocycles. The minimum atomic E-state index is -0.781. The van der Waals surface area contributed by atoms with Gasteiger partial charge in [-0.2, -0.15) is 5.26 Å². The van der Waals surface area contributed by atoms with E-state index in [4.69, 9.17) is 24.7 Å². The summed E-state index contributed by atoms with van der Waals surface area (Å²) in [6, 6.07) is 5.51. The molecular formula is C20H23BrN2O5. The number of halogens is 1. The van der Waals surface area contributed by atoms with Crippen molar-refractivity contribution in [2.24, 2.45) is 5.73 Å². The lowest BCUT2D eigenvalue weighted by Gasteiger charge is -2.29. The van der Waals surface area contributed by atoms with E-state index in [2.05, 4.69) is 22.0 Å².